The quantitative estimate of drug-likeness (QED) is 0.842. The maximum Gasteiger partial charge on any atom is 0.0678 e. The fourth-order valence-electron chi connectivity index (χ4n) is 4.44. The Morgan fingerprint density at radius 1 is 1.19 bits per heavy atom. The molecular formula is C18H36N2O. The molecule has 124 valence electrons. The molecule has 2 fully saturated rings. The minimum absolute atomic E-state index is 0.380. The van der Waals surface area contributed by atoms with E-state index < -0.39 is 0 Å². The lowest BCUT2D eigenvalue weighted by atomic mass is 9.69. The van der Waals surface area contributed by atoms with Crippen LogP contribution in [-0.2, 0) is 4.74 Å². The van der Waals surface area contributed by atoms with E-state index in [-0.39, 0.29) is 0 Å². The molecule has 1 saturated carbocycles. The topological polar surface area (TPSA) is 24.5 Å². The van der Waals surface area contributed by atoms with Crippen LogP contribution in [0.15, 0.2) is 0 Å². The molecule has 1 aliphatic carbocycles. The van der Waals surface area contributed by atoms with Crippen LogP contribution in [0.3, 0.4) is 0 Å². The van der Waals surface area contributed by atoms with Crippen LogP contribution in [0.4, 0.5) is 0 Å². The molecule has 0 radical (unpaired) electrons. The van der Waals surface area contributed by atoms with Crippen LogP contribution in [0.25, 0.3) is 0 Å². The van der Waals surface area contributed by atoms with Crippen molar-refractivity contribution in [2.45, 2.75) is 78.6 Å². The molecule has 2 rings (SSSR count). The van der Waals surface area contributed by atoms with Crippen molar-refractivity contribution in [2.75, 3.05) is 26.2 Å². The van der Waals surface area contributed by atoms with Crippen molar-refractivity contribution >= 4 is 0 Å². The average molecular weight is 296 g/mol. The molecule has 4 atom stereocenters. The van der Waals surface area contributed by atoms with E-state index in [1.54, 1.807) is 0 Å². The molecule has 0 aromatic carbocycles. The van der Waals surface area contributed by atoms with Gasteiger partial charge in [0.15, 0.2) is 0 Å². The van der Waals surface area contributed by atoms with E-state index in [0.29, 0.717) is 23.7 Å². The summed E-state index contributed by atoms with van der Waals surface area (Å²) in [4.78, 5) is 2.67. The number of rotatable bonds is 5. The summed E-state index contributed by atoms with van der Waals surface area (Å²) in [7, 11) is 0. The molecule has 2 aliphatic rings. The largest absolute Gasteiger partial charge is 0.373 e. The normalized spacial score (nSPS) is 38.9. The van der Waals surface area contributed by atoms with Crippen LogP contribution < -0.4 is 5.32 Å². The van der Waals surface area contributed by atoms with Gasteiger partial charge < -0.3 is 10.1 Å². The number of hydrogen-bond acceptors (Lipinski definition) is 3. The van der Waals surface area contributed by atoms with Crippen molar-refractivity contribution in [1.82, 2.24) is 10.2 Å². The van der Waals surface area contributed by atoms with Crippen molar-refractivity contribution in [3.8, 4) is 0 Å². The molecule has 3 nitrogen and oxygen atoms in total. The van der Waals surface area contributed by atoms with Gasteiger partial charge in [0.25, 0.3) is 0 Å². The van der Waals surface area contributed by atoms with Gasteiger partial charge in [-0.2, -0.15) is 0 Å². The predicted octanol–water partition coefficient (Wildman–Crippen LogP) is 3.29. The van der Waals surface area contributed by atoms with E-state index in [0.717, 1.165) is 19.0 Å². The zero-order valence-corrected chi connectivity index (χ0v) is 14.8. The van der Waals surface area contributed by atoms with Gasteiger partial charge >= 0.3 is 0 Å². The fourth-order valence-corrected chi connectivity index (χ4v) is 4.44. The lowest BCUT2D eigenvalue weighted by molar-refractivity contribution is -0.0818. The first-order chi connectivity index (χ1) is 9.88. The Labute approximate surface area is 131 Å². The van der Waals surface area contributed by atoms with E-state index in [4.69, 9.17) is 4.74 Å². The van der Waals surface area contributed by atoms with E-state index in [1.807, 2.05) is 0 Å². The zero-order chi connectivity index (χ0) is 15.5. The summed E-state index contributed by atoms with van der Waals surface area (Å²) in [6.07, 6.45) is 6.34. The summed E-state index contributed by atoms with van der Waals surface area (Å²) < 4.78 is 5.90. The first-order valence-electron chi connectivity index (χ1n) is 9.00. The summed E-state index contributed by atoms with van der Waals surface area (Å²) in [5.41, 5.74) is 0.471. The summed E-state index contributed by atoms with van der Waals surface area (Å²) in [5, 5.41) is 3.73. The maximum absolute atomic E-state index is 5.90. The van der Waals surface area contributed by atoms with Gasteiger partial charge in [0.2, 0.25) is 0 Å². The van der Waals surface area contributed by atoms with Gasteiger partial charge in [0, 0.05) is 32.2 Å². The molecule has 0 bridgehead atoms. The Kier molecular flexibility index (Phi) is 6.10. The first kappa shape index (κ1) is 17.2. The SMILES string of the molecule is CC1CCCC(CNC(C)C)(CN2C[C@@H](C)O[C@@H](C)C2)C1. The molecule has 3 heteroatoms. The molecule has 1 heterocycles. The third-order valence-electron chi connectivity index (χ3n) is 5.13. The molecular weight excluding hydrogens is 260 g/mol. The summed E-state index contributed by atoms with van der Waals surface area (Å²) in [6, 6.07) is 0.585. The van der Waals surface area contributed by atoms with Gasteiger partial charge in [0.05, 0.1) is 12.2 Å². The van der Waals surface area contributed by atoms with E-state index in [1.165, 1.54) is 38.8 Å². The van der Waals surface area contributed by atoms with E-state index in [2.05, 4.69) is 44.8 Å². The van der Waals surface area contributed by atoms with Gasteiger partial charge in [-0.25, -0.2) is 0 Å². The molecule has 2 unspecified atom stereocenters. The molecule has 0 spiro atoms. The van der Waals surface area contributed by atoms with Crippen LogP contribution in [0, 0.1) is 11.3 Å². The van der Waals surface area contributed by atoms with Crippen LogP contribution >= 0.6 is 0 Å². The highest BCUT2D eigenvalue weighted by atomic mass is 16.5. The lowest BCUT2D eigenvalue weighted by Gasteiger charge is -2.46. The van der Waals surface area contributed by atoms with Crippen LogP contribution in [0.5, 0.6) is 0 Å². The van der Waals surface area contributed by atoms with E-state index in [9.17, 15) is 0 Å². The third kappa shape index (κ3) is 5.22. The Hall–Kier alpha value is -0.120. The Balaban J connectivity index is 2.00. The van der Waals surface area contributed by atoms with Crippen molar-refractivity contribution in [2.24, 2.45) is 11.3 Å². The number of nitrogens with one attached hydrogen (secondary N) is 1. The fraction of sp³-hybridized carbons (Fsp3) is 1.00. The smallest absolute Gasteiger partial charge is 0.0678 e. The van der Waals surface area contributed by atoms with E-state index >= 15 is 0 Å². The zero-order valence-electron chi connectivity index (χ0n) is 14.8. The number of morpholine rings is 1. The minimum Gasteiger partial charge on any atom is -0.373 e. The second-order valence-corrected chi connectivity index (χ2v) is 8.19. The number of nitrogens with zero attached hydrogens (tertiary/aromatic N) is 1. The highest BCUT2D eigenvalue weighted by molar-refractivity contribution is 4.91. The third-order valence-corrected chi connectivity index (χ3v) is 5.13. The average Bonchev–Trinajstić information content (AvgIpc) is 2.35. The maximum atomic E-state index is 5.90. The molecule has 0 aromatic rings. The second kappa shape index (κ2) is 7.43. The van der Waals surface area contributed by atoms with Gasteiger partial charge in [-0.15, -0.1) is 0 Å². The Bertz CT molecular complexity index is 310. The molecule has 1 saturated heterocycles. The van der Waals surface area contributed by atoms with Gasteiger partial charge in [-0.05, 0) is 38.0 Å². The van der Waals surface area contributed by atoms with Crippen molar-refractivity contribution in [3.05, 3.63) is 0 Å². The summed E-state index contributed by atoms with van der Waals surface area (Å²) >= 11 is 0. The number of ether oxygens (including phenoxy) is 1. The molecule has 1 aliphatic heterocycles. The van der Waals surface area contributed by atoms with Gasteiger partial charge in [-0.3, -0.25) is 4.90 Å². The highest BCUT2D eigenvalue weighted by Gasteiger charge is 2.37. The molecule has 0 aromatic heterocycles. The first-order valence-corrected chi connectivity index (χ1v) is 9.00. The molecule has 0 amide bonds. The van der Waals surface area contributed by atoms with Gasteiger partial charge in [-0.1, -0.05) is 33.6 Å². The van der Waals surface area contributed by atoms with Crippen LogP contribution in [-0.4, -0.2) is 49.3 Å². The van der Waals surface area contributed by atoms with Crippen LogP contribution in [0.2, 0.25) is 0 Å². The van der Waals surface area contributed by atoms with Crippen LogP contribution in [0.1, 0.15) is 60.3 Å². The lowest BCUT2D eigenvalue weighted by Crippen LogP contribution is -2.53. The molecule has 21 heavy (non-hydrogen) atoms. The number of hydrogen-bond donors (Lipinski definition) is 1. The highest BCUT2D eigenvalue weighted by Crippen LogP contribution is 2.40. The van der Waals surface area contributed by atoms with Crippen molar-refractivity contribution in [1.29, 1.82) is 0 Å². The molecule has 1 N–H and O–H groups in total. The second-order valence-electron chi connectivity index (χ2n) is 8.19. The minimum atomic E-state index is 0.380. The predicted molar refractivity (Wildman–Crippen MR) is 89.7 cm³/mol. The standard InChI is InChI=1S/C18H36N2O/c1-14(2)19-12-18(8-6-7-15(3)9-18)13-20-10-16(4)21-17(5)11-20/h14-17,19H,6-13H2,1-5H3/t15?,16-,17+,18?. The Morgan fingerprint density at radius 3 is 2.43 bits per heavy atom. The van der Waals surface area contributed by atoms with Gasteiger partial charge in [0.1, 0.15) is 0 Å². The van der Waals surface area contributed by atoms with Crippen molar-refractivity contribution < 1.29 is 4.74 Å². The van der Waals surface area contributed by atoms with Crippen molar-refractivity contribution in [3.63, 3.8) is 0 Å². The summed E-state index contributed by atoms with van der Waals surface area (Å²) in [6.45, 7) is 16.0. The Morgan fingerprint density at radius 2 is 1.86 bits per heavy atom. The summed E-state index contributed by atoms with van der Waals surface area (Å²) in [5.74, 6) is 0.878. The monoisotopic (exact) mass is 296 g/mol.